The Morgan fingerprint density at radius 1 is 1.31 bits per heavy atom. The Kier molecular flexibility index (Phi) is 6.86. The summed E-state index contributed by atoms with van der Waals surface area (Å²) >= 11 is 4.89. The Morgan fingerprint density at radius 3 is 2.65 bits per heavy atom. The van der Waals surface area contributed by atoms with Crippen LogP contribution in [-0.4, -0.2) is 30.4 Å². The quantitative estimate of drug-likeness (QED) is 0.333. The number of hydrogen-bond acceptors (Lipinski definition) is 6. The molecule has 0 aromatic heterocycles. The molecule has 0 amide bonds. The lowest BCUT2D eigenvalue weighted by atomic mass is 10.1. The molecule has 2 rings (SSSR count). The van der Waals surface area contributed by atoms with E-state index < -0.39 is 4.92 Å². The molecule has 0 heterocycles. The molecule has 8 nitrogen and oxygen atoms in total. The molecule has 9 heteroatoms. The minimum absolute atomic E-state index is 0.158. The highest BCUT2D eigenvalue weighted by atomic mass is 32.1. The Labute approximate surface area is 156 Å². The number of rotatable bonds is 7. The van der Waals surface area contributed by atoms with E-state index in [4.69, 9.17) is 21.7 Å². The second-order valence-corrected chi connectivity index (χ2v) is 5.45. The van der Waals surface area contributed by atoms with Gasteiger partial charge in [0.2, 0.25) is 0 Å². The molecule has 0 radical (unpaired) electrons. The van der Waals surface area contributed by atoms with Crippen molar-refractivity contribution in [1.29, 1.82) is 0 Å². The molecule has 0 aliphatic carbocycles. The summed E-state index contributed by atoms with van der Waals surface area (Å²) in [5, 5.41) is 18.2. The first-order valence-corrected chi connectivity index (χ1v) is 8.00. The first kappa shape index (κ1) is 19.1. The second kappa shape index (κ2) is 9.33. The normalized spacial score (nSPS) is 10.4. The zero-order chi connectivity index (χ0) is 18.9. The van der Waals surface area contributed by atoms with Gasteiger partial charge in [-0.1, -0.05) is 30.3 Å². The zero-order valence-corrected chi connectivity index (χ0v) is 15.1. The van der Waals surface area contributed by atoms with Gasteiger partial charge in [-0.2, -0.15) is 5.10 Å². The molecule has 2 N–H and O–H groups in total. The molecule has 0 fully saturated rings. The fourth-order valence-corrected chi connectivity index (χ4v) is 2.10. The number of benzene rings is 2. The van der Waals surface area contributed by atoms with E-state index in [1.807, 2.05) is 30.3 Å². The van der Waals surface area contributed by atoms with Crippen molar-refractivity contribution in [2.75, 3.05) is 14.2 Å². The highest BCUT2D eigenvalue weighted by Crippen LogP contribution is 2.34. The number of ether oxygens (including phenoxy) is 2. The van der Waals surface area contributed by atoms with E-state index in [1.165, 1.54) is 25.5 Å². The Hall–Kier alpha value is -3.20. The molecule has 26 heavy (non-hydrogen) atoms. The first-order chi connectivity index (χ1) is 12.5. The molecular weight excluding hydrogens is 356 g/mol. The largest absolute Gasteiger partial charge is 0.493 e. The molecule has 0 spiro atoms. The lowest BCUT2D eigenvalue weighted by Crippen LogP contribution is -2.28. The van der Waals surface area contributed by atoms with Crippen molar-refractivity contribution < 1.29 is 14.4 Å². The van der Waals surface area contributed by atoms with Crippen molar-refractivity contribution in [2.45, 2.75) is 6.61 Å². The van der Waals surface area contributed by atoms with Crippen molar-refractivity contribution in [1.82, 2.24) is 10.7 Å². The second-order valence-electron chi connectivity index (χ2n) is 5.04. The maximum atomic E-state index is 11.4. The van der Waals surface area contributed by atoms with Gasteiger partial charge in [-0.05, 0) is 23.8 Å². The number of nitro groups is 1. The standard InChI is InChI=1S/C17H18N4O4S/c1-18-17(26)20-19-10-13-8-15(24-2)16(9-14(13)21(22)23)25-11-12-6-4-3-5-7-12/h3-10H,11H2,1-2H3,(H2,18,20,26)/b19-10-. The van der Waals surface area contributed by atoms with Gasteiger partial charge in [0.15, 0.2) is 16.6 Å². The van der Waals surface area contributed by atoms with Gasteiger partial charge >= 0.3 is 0 Å². The fourth-order valence-electron chi connectivity index (χ4n) is 2.05. The topological polar surface area (TPSA) is 98.0 Å². The molecule has 2 aromatic rings. The highest BCUT2D eigenvalue weighted by molar-refractivity contribution is 7.80. The summed E-state index contributed by atoms with van der Waals surface area (Å²) in [4.78, 5) is 10.9. The van der Waals surface area contributed by atoms with Crippen LogP contribution in [0.15, 0.2) is 47.6 Å². The maximum absolute atomic E-state index is 11.4. The number of thiocarbonyl (C=S) groups is 1. The SMILES string of the molecule is CNC(=S)N/N=C\c1cc(OC)c(OCc2ccccc2)cc1[N+](=O)[O-]. The zero-order valence-electron chi connectivity index (χ0n) is 14.3. The van der Waals surface area contributed by atoms with E-state index in [0.29, 0.717) is 10.9 Å². The average Bonchev–Trinajstić information content (AvgIpc) is 2.66. The van der Waals surface area contributed by atoms with E-state index in [0.717, 1.165) is 5.56 Å². The van der Waals surface area contributed by atoms with Crippen LogP contribution in [-0.2, 0) is 6.61 Å². The molecule has 0 saturated heterocycles. The van der Waals surface area contributed by atoms with Gasteiger partial charge in [0, 0.05) is 7.05 Å². The van der Waals surface area contributed by atoms with Crippen LogP contribution in [0, 0.1) is 10.1 Å². The van der Waals surface area contributed by atoms with Gasteiger partial charge in [-0.3, -0.25) is 15.5 Å². The summed E-state index contributed by atoms with van der Waals surface area (Å²) in [7, 11) is 3.10. The minimum atomic E-state index is -0.507. The summed E-state index contributed by atoms with van der Waals surface area (Å²) in [5.74, 6) is 0.642. The van der Waals surface area contributed by atoms with Crippen LogP contribution in [0.1, 0.15) is 11.1 Å². The van der Waals surface area contributed by atoms with E-state index in [9.17, 15) is 10.1 Å². The molecule has 2 aromatic carbocycles. The smallest absolute Gasteiger partial charge is 0.282 e. The summed E-state index contributed by atoms with van der Waals surface area (Å²) < 4.78 is 11.0. The summed E-state index contributed by atoms with van der Waals surface area (Å²) in [6.45, 7) is 0.264. The Balaban J connectivity index is 2.27. The molecule has 0 saturated carbocycles. The molecule has 136 valence electrons. The van der Waals surface area contributed by atoms with Gasteiger partial charge in [-0.15, -0.1) is 0 Å². The third kappa shape index (κ3) is 5.15. The van der Waals surface area contributed by atoms with Gasteiger partial charge in [0.1, 0.15) is 6.61 Å². The maximum Gasteiger partial charge on any atom is 0.282 e. The van der Waals surface area contributed by atoms with E-state index in [1.54, 1.807) is 7.05 Å². The van der Waals surface area contributed by atoms with Crippen molar-refractivity contribution in [2.24, 2.45) is 5.10 Å². The predicted molar refractivity (Wildman–Crippen MR) is 103 cm³/mol. The van der Waals surface area contributed by atoms with Crippen molar-refractivity contribution >= 4 is 29.2 Å². The van der Waals surface area contributed by atoms with Crippen LogP contribution in [0.5, 0.6) is 11.5 Å². The summed E-state index contributed by atoms with van der Waals surface area (Å²) in [5.41, 5.74) is 3.58. The molecule has 0 atom stereocenters. The number of hydrazone groups is 1. The third-order valence-corrected chi connectivity index (χ3v) is 3.64. The molecule has 0 aliphatic rings. The van der Waals surface area contributed by atoms with Crippen LogP contribution in [0.4, 0.5) is 5.69 Å². The lowest BCUT2D eigenvalue weighted by Gasteiger charge is -2.12. The first-order valence-electron chi connectivity index (χ1n) is 7.59. The minimum Gasteiger partial charge on any atom is -0.493 e. The molecular formula is C17H18N4O4S. The number of nitro benzene ring substituents is 1. The number of methoxy groups -OCH3 is 1. The fraction of sp³-hybridized carbons (Fsp3) is 0.176. The number of nitrogens with one attached hydrogen (secondary N) is 2. The van der Waals surface area contributed by atoms with Gasteiger partial charge in [0.25, 0.3) is 5.69 Å². The van der Waals surface area contributed by atoms with Crippen molar-refractivity contribution in [3.05, 3.63) is 63.7 Å². The van der Waals surface area contributed by atoms with Crippen LogP contribution >= 0.6 is 12.2 Å². The van der Waals surface area contributed by atoms with E-state index in [-0.39, 0.29) is 23.6 Å². The predicted octanol–water partition coefficient (Wildman–Crippen LogP) is 2.61. The summed E-state index contributed by atoms with van der Waals surface area (Å²) in [6, 6.07) is 12.3. The molecule has 0 bridgehead atoms. The Morgan fingerprint density at radius 2 is 2.04 bits per heavy atom. The van der Waals surface area contributed by atoms with Crippen molar-refractivity contribution in [3.8, 4) is 11.5 Å². The van der Waals surface area contributed by atoms with Gasteiger partial charge < -0.3 is 14.8 Å². The van der Waals surface area contributed by atoms with Crippen LogP contribution < -0.4 is 20.2 Å². The van der Waals surface area contributed by atoms with Crippen LogP contribution in [0.2, 0.25) is 0 Å². The average molecular weight is 374 g/mol. The van der Waals surface area contributed by atoms with E-state index in [2.05, 4.69) is 15.8 Å². The highest BCUT2D eigenvalue weighted by Gasteiger charge is 2.19. The van der Waals surface area contributed by atoms with E-state index >= 15 is 0 Å². The van der Waals surface area contributed by atoms with Gasteiger partial charge in [0.05, 0.1) is 29.9 Å². The lowest BCUT2D eigenvalue weighted by molar-refractivity contribution is -0.385. The third-order valence-electron chi connectivity index (χ3n) is 3.34. The molecule has 0 unspecified atom stereocenters. The van der Waals surface area contributed by atoms with Gasteiger partial charge in [-0.25, -0.2) is 0 Å². The number of nitrogens with zero attached hydrogens (tertiary/aromatic N) is 2. The number of hydrogen-bond donors (Lipinski definition) is 2. The summed E-state index contributed by atoms with van der Waals surface area (Å²) in [6.07, 6.45) is 1.30. The van der Waals surface area contributed by atoms with Crippen LogP contribution in [0.25, 0.3) is 0 Å². The Bertz CT molecular complexity index is 812. The monoisotopic (exact) mass is 374 g/mol. The molecule has 0 aliphatic heterocycles. The van der Waals surface area contributed by atoms with Crippen LogP contribution in [0.3, 0.4) is 0 Å². The van der Waals surface area contributed by atoms with Crippen molar-refractivity contribution in [3.63, 3.8) is 0 Å².